The summed E-state index contributed by atoms with van der Waals surface area (Å²) in [4.78, 5) is 13.5. The molecule has 0 spiro atoms. The van der Waals surface area contributed by atoms with Gasteiger partial charge in [-0.1, -0.05) is 18.2 Å². The van der Waals surface area contributed by atoms with Crippen molar-refractivity contribution in [3.8, 4) is 0 Å². The highest BCUT2D eigenvalue weighted by Crippen LogP contribution is 2.07. The Balaban J connectivity index is 2.44. The molecule has 0 atom stereocenters. The van der Waals surface area contributed by atoms with E-state index in [2.05, 4.69) is 5.32 Å². The lowest BCUT2D eigenvalue weighted by atomic mass is 10.1. The molecule has 20 heavy (non-hydrogen) atoms. The second kappa shape index (κ2) is 7.24. The first-order chi connectivity index (χ1) is 9.33. The van der Waals surface area contributed by atoms with Crippen molar-refractivity contribution in [3.63, 3.8) is 0 Å². The van der Waals surface area contributed by atoms with Gasteiger partial charge in [0.1, 0.15) is 5.82 Å². The summed E-state index contributed by atoms with van der Waals surface area (Å²) in [6.07, 6.45) is 0.443. The van der Waals surface area contributed by atoms with Gasteiger partial charge in [-0.05, 0) is 38.8 Å². The molecule has 1 aromatic rings. The van der Waals surface area contributed by atoms with Gasteiger partial charge < -0.3 is 15.3 Å². The number of nitrogens with zero attached hydrogens (tertiary/aromatic N) is 1. The normalized spacial score (nSPS) is 11.2. The van der Waals surface area contributed by atoms with E-state index in [0.717, 1.165) is 0 Å². The third-order valence-electron chi connectivity index (χ3n) is 2.88. The van der Waals surface area contributed by atoms with Crippen molar-refractivity contribution < 1.29 is 14.3 Å². The number of urea groups is 1. The molecule has 0 unspecified atom stereocenters. The Bertz CT molecular complexity index is 444. The number of rotatable bonds is 6. The molecule has 0 fully saturated rings. The van der Waals surface area contributed by atoms with Crippen molar-refractivity contribution in [1.82, 2.24) is 10.2 Å². The summed E-state index contributed by atoms with van der Waals surface area (Å²) in [5.74, 6) is -0.259. The molecule has 0 radical (unpaired) electrons. The quantitative estimate of drug-likeness (QED) is 0.840. The molecule has 0 saturated heterocycles. The molecule has 0 saturated carbocycles. The molecule has 0 aliphatic rings. The van der Waals surface area contributed by atoms with Crippen molar-refractivity contribution >= 4 is 6.03 Å². The largest absolute Gasteiger partial charge is 0.389 e. The van der Waals surface area contributed by atoms with E-state index in [1.807, 2.05) is 6.92 Å². The van der Waals surface area contributed by atoms with E-state index in [1.165, 1.54) is 11.0 Å². The summed E-state index contributed by atoms with van der Waals surface area (Å²) >= 11 is 0. The van der Waals surface area contributed by atoms with Crippen LogP contribution in [0.15, 0.2) is 24.3 Å². The van der Waals surface area contributed by atoms with Gasteiger partial charge in [-0.3, -0.25) is 0 Å². The van der Waals surface area contributed by atoms with Crippen LogP contribution in [-0.2, 0) is 6.42 Å². The van der Waals surface area contributed by atoms with Crippen molar-refractivity contribution in [2.24, 2.45) is 0 Å². The number of carbonyl (C=O) groups is 1. The summed E-state index contributed by atoms with van der Waals surface area (Å²) in [7, 11) is 0. The Morgan fingerprint density at radius 3 is 2.60 bits per heavy atom. The fraction of sp³-hybridized carbons (Fsp3) is 0.533. The highest BCUT2D eigenvalue weighted by molar-refractivity contribution is 5.74. The highest BCUT2D eigenvalue weighted by atomic mass is 19.1. The van der Waals surface area contributed by atoms with Gasteiger partial charge >= 0.3 is 6.03 Å². The molecule has 2 N–H and O–H groups in total. The second-order valence-corrected chi connectivity index (χ2v) is 5.40. The number of halogens is 1. The highest BCUT2D eigenvalue weighted by Gasteiger charge is 2.20. The molecule has 1 rings (SSSR count). The van der Waals surface area contributed by atoms with Crippen LogP contribution in [0.3, 0.4) is 0 Å². The maximum Gasteiger partial charge on any atom is 0.317 e. The number of hydrogen-bond donors (Lipinski definition) is 2. The number of aliphatic hydroxyl groups is 1. The average molecular weight is 282 g/mol. The summed E-state index contributed by atoms with van der Waals surface area (Å²) in [5.41, 5.74) is -0.350. The van der Waals surface area contributed by atoms with Gasteiger partial charge in [-0.15, -0.1) is 0 Å². The van der Waals surface area contributed by atoms with Crippen molar-refractivity contribution in [2.45, 2.75) is 32.8 Å². The summed E-state index contributed by atoms with van der Waals surface area (Å²) in [6.45, 7) is 6.29. The third-order valence-corrected chi connectivity index (χ3v) is 2.88. The molecule has 0 aromatic heterocycles. The first kappa shape index (κ1) is 16.4. The zero-order valence-electron chi connectivity index (χ0n) is 12.3. The summed E-state index contributed by atoms with van der Waals surface area (Å²) < 4.78 is 13.4. The number of nitrogens with one attached hydrogen (secondary N) is 1. The SMILES string of the molecule is CCN(CC(C)(C)O)C(=O)NCCc1ccccc1F. The standard InChI is InChI=1S/C15H23FN2O2/c1-4-18(11-15(2,3)20)14(19)17-10-9-12-7-5-6-8-13(12)16/h5-8,20H,4,9-11H2,1-3H3,(H,17,19). The smallest absolute Gasteiger partial charge is 0.317 e. The minimum absolute atomic E-state index is 0.244. The Kier molecular flexibility index (Phi) is 5.95. The van der Waals surface area contributed by atoms with Gasteiger partial charge in [0.05, 0.1) is 12.1 Å². The van der Waals surface area contributed by atoms with E-state index in [0.29, 0.717) is 25.1 Å². The fourth-order valence-corrected chi connectivity index (χ4v) is 1.91. The number of likely N-dealkylation sites (N-methyl/N-ethyl adjacent to an activating group) is 1. The topological polar surface area (TPSA) is 52.6 Å². The Morgan fingerprint density at radius 2 is 2.05 bits per heavy atom. The Labute approximate surface area is 119 Å². The molecule has 4 nitrogen and oxygen atoms in total. The van der Waals surface area contributed by atoms with Crippen LogP contribution in [0.5, 0.6) is 0 Å². The van der Waals surface area contributed by atoms with E-state index in [1.54, 1.807) is 32.0 Å². The van der Waals surface area contributed by atoms with Crippen LogP contribution in [0.1, 0.15) is 26.3 Å². The van der Waals surface area contributed by atoms with Crippen LogP contribution in [0.2, 0.25) is 0 Å². The van der Waals surface area contributed by atoms with Gasteiger partial charge in [0.15, 0.2) is 0 Å². The molecule has 0 aliphatic carbocycles. The lowest BCUT2D eigenvalue weighted by molar-refractivity contribution is 0.0480. The van der Waals surface area contributed by atoms with Crippen LogP contribution >= 0.6 is 0 Å². The molecule has 2 amide bonds. The van der Waals surface area contributed by atoms with E-state index in [-0.39, 0.29) is 18.4 Å². The number of amides is 2. The predicted molar refractivity (Wildman–Crippen MR) is 77.0 cm³/mol. The monoisotopic (exact) mass is 282 g/mol. The van der Waals surface area contributed by atoms with Crippen LogP contribution in [-0.4, -0.2) is 41.3 Å². The first-order valence-corrected chi connectivity index (χ1v) is 6.82. The van der Waals surface area contributed by atoms with Gasteiger partial charge in [0.2, 0.25) is 0 Å². The molecule has 5 heteroatoms. The Morgan fingerprint density at radius 1 is 1.40 bits per heavy atom. The zero-order valence-corrected chi connectivity index (χ0v) is 12.3. The predicted octanol–water partition coefficient (Wildman–Crippen LogP) is 2.17. The van der Waals surface area contributed by atoms with Crippen LogP contribution in [0.4, 0.5) is 9.18 Å². The average Bonchev–Trinajstić information content (AvgIpc) is 2.37. The number of hydrogen-bond acceptors (Lipinski definition) is 2. The van der Waals surface area contributed by atoms with Gasteiger partial charge in [0, 0.05) is 13.1 Å². The molecular formula is C15H23FN2O2. The fourth-order valence-electron chi connectivity index (χ4n) is 1.91. The van der Waals surface area contributed by atoms with Crippen molar-refractivity contribution in [2.75, 3.05) is 19.6 Å². The minimum Gasteiger partial charge on any atom is -0.389 e. The molecule has 0 heterocycles. The van der Waals surface area contributed by atoms with Crippen molar-refractivity contribution in [1.29, 1.82) is 0 Å². The van der Waals surface area contributed by atoms with E-state index < -0.39 is 5.60 Å². The minimum atomic E-state index is -0.932. The van der Waals surface area contributed by atoms with Crippen LogP contribution in [0.25, 0.3) is 0 Å². The molecule has 0 bridgehead atoms. The lowest BCUT2D eigenvalue weighted by Crippen LogP contribution is -2.47. The van der Waals surface area contributed by atoms with Gasteiger partial charge in [-0.2, -0.15) is 0 Å². The molecule has 1 aromatic carbocycles. The zero-order chi connectivity index (χ0) is 15.2. The second-order valence-electron chi connectivity index (χ2n) is 5.40. The number of carbonyl (C=O) groups excluding carboxylic acids is 1. The number of benzene rings is 1. The van der Waals surface area contributed by atoms with Crippen molar-refractivity contribution in [3.05, 3.63) is 35.6 Å². The summed E-state index contributed by atoms with van der Waals surface area (Å²) in [6, 6.07) is 6.28. The molecule has 0 aliphatic heterocycles. The van der Waals surface area contributed by atoms with Gasteiger partial charge in [0.25, 0.3) is 0 Å². The Hall–Kier alpha value is -1.62. The maximum absolute atomic E-state index is 13.4. The third kappa shape index (κ3) is 5.57. The van der Waals surface area contributed by atoms with E-state index in [9.17, 15) is 14.3 Å². The molecule has 112 valence electrons. The molecular weight excluding hydrogens is 259 g/mol. The lowest BCUT2D eigenvalue weighted by Gasteiger charge is -2.28. The van der Waals surface area contributed by atoms with Crippen LogP contribution in [0, 0.1) is 5.82 Å². The first-order valence-electron chi connectivity index (χ1n) is 6.82. The van der Waals surface area contributed by atoms with Gasteiger partial charge in [-0.25, -0.2) is 9.18 Å². The van der Waals surface area contributed by atoms with E-state index >= 15 is 0 Å². The van der Waals surface area contributed by atoms with Crippen LogP contribution < -0.4 is 5.32 Å². The van der Waals surface area contributed by atoms with E-state index in [4.69, 9.17) is 0 Å². The summed E-state index contributed by atoms with van der Waals surface area (Å²) in [5, 5.41) is 12.5. The maximum atomic E-state index is 13.4.